The van der Waals surface area contributed by atoms with E-state index in [1.54, 1.807) is 12.4 Å². The Kier molecular flexibility index (Phi) is 4.20. The second-order valence-electron chi connectivity index (χ2n) is 9.85. The predicted molar refractivity (Wildman–Crippen MR) is 159 cm³/mol. The van der Waals surface area contributed by atoms with Crippen molar-refractivity contribution in [2.45, 2.75) is 0 Å². The van der Waals surface area contributed by atoms with Gasteiger partial charge in [-0.25, -0.2) is 15.0 Å². The number of para-hydroxylation sites is 2. The van der Waals surface area contributed by atoms with Crippen molar-refractivity contribution in [1.29, 1.82) is 0 Å². The number of nitrogens with zero attached hydrogens (tertiary/aromatic N) is 7. The first kappa shape index (κ1) is 21.3. The molecule has 2 aromatic carbocycles. The fourth-order valence-electron chi connectivity index (χ4n) is 5.86. The maximum absolute atomic E-state index is 5.33. The van der Waals surface area contributed by atoms with Crippen LogP contribution in [0, 0.1) is 0 Å². The van der Waals surface area contributed by atoms with Crippen LogP contribution in [0.3, 0.4) is 0 Å². The number of pyridine rings is 5. The fourth-order valence-corrected chi connectivity index (χ4v) is 5.86. The van der Waals surface area contributed by atoms with E-state index in [-0.39, 0.29) is 0 Å². The lowest BCUT2D eigenvalue weighted by Crippen LogP contribution is -2.00. The summed E-state index contributed by atoms with van der Waals surface area (Å²) in [5.74, 6) is 1.65. The summed E-state index contributed by atoms with van der Waals surface area (Å²) in [5.41, 5.74) is 9.38. The molecule has 0 aliphatic heterocycles. The summed E-state index contributed by atoms with van der Waals surface area (Å²) in [6.45, 7) is 0. The molecule has 0 fully saturated rings. The van der Waals surface area contributed by atoms with Gasteiger partial charge in [-0.2, -0.15) is 0 Å². The van der Waals surface area contributed by atoms with E-state index < -0.39 is 0 Å². The SMILES string of the molecule is c1cnc2ccc(-n3c4ccccc4c4nc5c6ccccc6n(-c6ccc7ncccc7n6)c5cc43)nc2c1. The van der Waals surface area contributed by atoms with Crippen molar-refractivity contribution in [3.05, 3.63) is 116 Å². The molecule has 0 unspecified atom stereocenters. The molecule has 0 bridgehead atoms. The Morgan fingerprint density at radius 1 is 0.400 bits per heavy atom. The Balaban J connectivity index is 1.43. The molecule has 7 nitrogen and oxygen atoms in total. The van der Waals surface area contributed by atoms with Gasteiger partial charge in [0.2, 0.25) is 0 Å². The van der Waals surface area contributed by atoms with Crippen molar-refractivity contribution >= 4 is 65.9 Å². The lowest BCUT2D eigenvalue weighted by Gasteiger charge is -2.09. The van der Waals surface area contributed by atoms with E-state index in [1.165, 1.54) is 0 Å². The fraction of sp³-hybridized carbons (Fsp3) is 0. The zero-order chi connectivity index (χ0) is 26.2. The number of fused-ring (bicyclic) bond motifs is 8. The highest BCUT2D eigenvalue weighted by atomic mass is 15.1. The van der Waals surface area contributed by atoms with Crippen LogP contribution in [0.25, 0.3) is 77.6 Å². The zero-order valence-corrected chi connectivity index (χ0v) is 21.1. The molecule has 7 aromatic heterocycles. The molecule has 9 rings (SSSR count). The lowest BCUT2D eigenvalue weighted by molar-refractivity contribution is 1.08. The monoisotopic (exact) mass is 513 g/mol. The summed E-state index contributed by atoms with van der Waals surface area (Å²) >= 11 is 0. The minimum Gasteiger partial charge on any atom is -0.292 e. The van der Waals surface area contributed by atoms with Crippen LogP contribution in [0.5, 0.6) is 0 Å². The number of hydrogen-bond donors (Lipinski definition) is 0. The van der Waals surface area contributed by atoms with E-state index in [9.17, 15) is 0 Å². The molecule has 0 atom stereocenters. The zero-order valence-electron chi connectivity index (χ0n) is 21.1. The summed E-state index contributed by atoms with van der Waals surface area (Å²) in [5, 5.41) is 2.17. The van der Waals surface area contributed by atoms with Crippen molar-refractivity contribution in [2.24, 2.45) is 0 Å². The van der Waals surface area contributed by atoms with Crippen LogP contribution < -0.4 is 0 Å². The Bertz CT molecular complexity index is 2280. The third kappa shape index (κ3) is 2.91. The van der Waals surface area contributed by atoms with Crippen molar-refractivity contribution in [3.8, 4) is 11.6 Å². The molecule has 0 amide bonds. The number of hydrogen-bond acceptors (Lipinski definition) is 5. The quantitative estimate of drug-likeness (QED) is 0.245. The highest BCUT2D eigenvalue weighted by Crippen LogP contribution is 2.37. The summed E-state index contributed by atoms with van der Waals surface area (Å²) in [6.07, 6.45) is 3.58. The van der Waals surface area contributed by atoms with Gasteiger partial charge in [0.15, 0.2) is 0 Å². The second kappa shape index (κ2) is 7.91. The topological polar surface area (TPSA) is 74.3 Å². The van der Waals surface area contributed by atoms with Gasteiger partial charge in [-0.1, -0.05) is 36.4 Å². The van der Waals surface area contributed by atoms with E-state index >= 15 is 0 Å². The first-order chi connectivity index (χ1) is 19.8. The first-order valence-corrected chi connectivity index (χ1v) is 13.1. The smallest absolute Gasteiger partial charge is 0.138 e. The van der Waals surface area contributed by atoms with Crippen molar-refractivity contribution in [1.82, 2.24) is 34.1 Å². The molecule has 40 heavy (non-hydrogen) atoms. The molecule has 0 saturated heterocycles. The number of rotatable bonds is 2. The number of benzene rings is 2. The van der Waals surface area contributed by atoms with E-state index in [0.29, 0.717) is 0 Å². The lowest BCUT2D eigenvalue weighted by atomic mass is 10.2. The Labute approximate surface area is 227 Å². The molecule has 0 aliphatic rings. The van der Waals surface area contributed by atoms with Gasteiger partial charge in [0, 0.05) is 23.2 Å². The molecule has 7 heteroatoms. The van der Waals surface area contributed by atoms with Gasteiger partial charge in [-0.15, -0.1) is 0 Å². The Morgan fingerprint density at radius 3 is 1.43 bits per heavy atom. The van der Waals surface area contributed by atoms with Gasteiger partial charge >= 0.3 is 0 Å². The van der Waals surface area contributed by atoms with Crippen molar-refractivity contribution in [2.75, 3.05) is 0 Å². The van der Waals surface area contributed by atoms with E-state index in [0.717, 1.165) is 77.6 Å². The van der Waals surface area contributed by atoms with Crippen molar-refractivity contribution < 1.29 is 0 Å². The maximum atomic E-state index is 5.33. The average molecular weight is 514 g/mol. The highest BCUT2D eigenvalue weighted by molar-refractivity contribution is 6.15. The molecule has 0 spiro atoms. The predicted octanol–water partition coefficient (Wildman–Crippen LogP) is 7.16. The molecule has 7 heterocycles. The summed E-state index contributed by atoms with van der Waals surface area (Å²) in [7, 11) is 0. The van der Waals surface area contributed by atoms with Gasteiger partial charge in [-0.3, -0.25) is 19.1 Å². The van der Waals surface area contributed by atoms with Crippen LogP contribution in [0.1, 0.15) is 0 Å². The summed E-state index contributed by atoms with van der Waals surface area (Å²) in [6, 6.07) is 34.9. The highest BCUT2D eigenvalue weighted by Gasteiger charge is 2.20. The average Bonchev–Trinajstić information content (AvgIpc) is 3.51. The summed E-state index contributed by atoms with van der Waals surface area (Å²) in [4.78, 5) is 24.3. The minimum absolute atomic E-state index is 0.824. The van der Waals surface area contributed by atoms with Gasteiger partial charge in [-0.05, 0) is 66.7 Å². The molecular formula is C33H19N7. The maximum Gasteiger partial charge on any atom is 0.138 e. The van der Waals surface area contributed by atoms with Crippen LogP contribution in [0.4, 0.5) is 0 Å². The van der Waals surface area contributed by atoms with E-state index in [4.69, 9.17) is 15.0 Å². The molecule has 0 saturated carbocycles. The van der Waals surface area contributed by atoms with Gasteiger partial charge < -0.3 is 0 Å². The van der Waals surface area contributed by atoms with E-state index in [1.807, 2.05) is 48.5 Å². The first-order valence-electron chi connectivity index (χ1n) is 13.1. The van der Waals surface area contributed by atoms with Crippen LogP contribution in [0.2, 0.25) is 0 Å². The Hall–Kier alpha value is -5.69. The molecule has 9 aromatic rings. The third-order valence-corrected chi connectivity index (χ3v) is 7.61. The third-order valence-electron chi connectivity index (χ3n) is 7.61. The standard InChI is InChI=1S/C33H19N7/c1-3-11-26-20(7-1)32-28(39(26)30-15-13-22-24(36-30)9-5-17-34-22)19-29-33(38-32)21-8-2-4-12-27(21)40(29)31-16-14-23-25(37-31)10-6-18-35-23/h1-19H. The van der Waals surface area contributed by atoms with Crippen LogP contribution in [-0.4, -0.2) is 34.1 Å². The molecule has 0 N–H and O–H groups in total. The Morgan fingerprint density at radius 2 is 0.900 bits per heavy atom. The second-order valence-corrected chi connectivity index (χ2v) is 9.85. The molecule has 0 aliphatic carbocycles. The molecule has 186 valence electrons. The molecule has 0 radical (unpaired) electrons. The van der Waals surface area contributed by atoms with Crippen molar-refractivity contribution in [3.63, 3.8) is 0 Å². The molecular weight excluding hydrogens is 494 g/mol. The largest absolute Gasteiger partial charge is 0.292 e. The van der Waals surface area contributed by atoms with Gasteiger partial charge in [0.05, 0.1) is 55.2 Å². The van der Waals surface area contributed by atoms with E-state index in [2.05, 4.69) is 73.7 Å². The van der Waals surface area contributed by atoms with Gasteiger partial charge in [0.25, 0.3) is 0 Å². The number of aromatic nitrogens is 7. The van der Waals surface area contributed by atoms with Crippen LogP contribution >= 0.6 is 0 Å². The van der Waals surface area contributed by atoms with Crippen LogP contribution in [0.15, 0.2) is 116 Å². The minimum atomic E-state index is 0.824. The van der Waals surface area contributed by atoms with Crippen LogP contribution in [-0.2, 0) is 0 Å². The summed E-state index contributed by atoms with van der Waals surface area (Å²) < 4.78 is 4.40. The van der Waals surface area contributed by atoms with Gasteiger partial charge in [0.1, 0.15) is 11.6 Å². The normalized spacial score (nSPS) is 12.0.